The lowest BCUT2D eigenvalue weighted by molar-refractivity contribution is -0.137. The van der Waals surface area contributed by atoms with E-state index in [2.05, 4.69) is 9.97 Å². The predicted molar refractivity (Wildman–Crippen MR) is 111 cm³/mol. The summed E-state index contributed by atoms with van der Waals surface area (Å²) in [6, 6.07) is 15.0. The Bertz CT molecular complexity index is 1010. The van der Waals surface area contributed by atoms with Gasteiger partial charge in [-0.25, -0.2) is 4.98 Å². The van der Waals surface area contributed by atoms with Crippen molar-refractivity contribution in [2.45, 2.75) is 6.04 Å². The van der Waals surface area contributed by atoms with Gasteiger partial charge in [-0.3, -0.25) is 14.5 Å². The Kier molecular flexibility index (Phi) is 5.31. The van der Waals surface area contributed by atoms with Gasteiger partial charge in [-0.1, -0.05) is 30.3 Å². The Morgan fingerprint density at radius 3 is 2.38 bits per heavy atom. The van der Waals surface area contributed by atoms with Crippen molar-refractivity contribution < 1.29 is 9.59 Å². The molecule has 4 rings (SSSR count). The molecule has 0 aliphatic carbocycles. The number of nitrogens with one attached hydrogen (secondary N) is 1. The summed E-state index contributed by atoms with van der Waals surface area (Å²) in [5.74, 6) is 0.0630. The third kappa shape index (κ3) is 3.86. The number of hydrogen-bond donors (Lipinski definition) is 1. The first-order valence-electron chi connectivity index (χ1n) is 9.77. The largest absolute Gasteiger partial charge is 0.345 e. The summed E-state index contributed by atoms with van der Waals surface area (Å²) in [4.78, 5) is 38.9. The van der Waals surface area contributed by atoms with Gasteiger partial charge in [0.2, 0.25) is 5.91 Å². The van der Waals surface area contributed by atoms with E-state index in [1.807, 2.05) is 71.3 Å². The Morgan fingerprint density at radius 2 is 1.69 bits per heavy atom. The lowest BCUT2D eigenvalue weighted by atomic mass is 10.0. The van der Waals surface area contributed by atoms with E-state index in [0.717, 1.165) is 16.6 Å². The molecule has 1 N–H and O–H groups in total. The zero-order chi connectivity index (χ0) is 20.4. The molecule has 1 saturated heterocycles. The van der Waals surface area contributed by atoms with Crippen LogP contribution in [0.5, 0.6) is 0 Å². The molecule has 1 unspecified atom stereocenters. The molecule has 2 amide bonds. The minimum Gasteiger partial charge on any atom is -0.345 e. The fraction of sp³-hybridized carbons (Fsp3) is 0.318. The molecule has 1 aliphatic rings. The van der Waals surface area contributed by atoms with Crippen LogP contribution < -0.4 is 0 Å². The van der Waals surface area contributed by atoms with Crippen LogP contribution in [-0.4, -0.2) is 76.8 Å². The van der Waals surface area contributed by atoms with E-state index in [1.165, 1.54) is 0 Å². The molecule has 1 fully saturated rings. The number of carbonyl (C=O) groups excluding carboxylic acids is 2. The number of H-pyrrole nitrogens is 1. The number of imidazole rings is 1. The summed E-state index contributed by atoms with van der Waals surface area (Å²) in [5.41, 5.74) is 3.31. The molecular formula is C22H25N5O2. The number of fused-ring (bicyclic) bond motifs is 1. The summed E-state index contributed by atoms with van der Waals surface area (Å²) in [6.07, 6.45) is 1.62. The lowest BCUT2D eigenvalue weighted by Gasteiger charge is -2.37. The van der Waals surface area contributed by atoms with Crippen molar-refractivity contribution in [3.8, 4) is 0 Å². The van der Waals surface area contributed by atoms with Crippen LogP contribution in [0.4, 0.5) is 0 Å². The predicted octanol–water partition coefficient (Wildman–Crippen LogP) is 2.15. The number of amides is 2. The van der Waals surface area contributed by atoms with Crippen LogP contribution in [0.15, 0.2) is 54.9 Å². The number of carbonyl (C=O) groups is 2. The second-order valence-electron chi connectivity index (χ2n) is 7.53. The van der Waals surface area contributed by atoms with E-state index >= 15 is 0 Å². The first kappa shape index (κ1) is 19.1. The Hall–Kier alpha value is -3.19. The van der Waals surface area contributed by atoms with Gasteiger partial charge in [0.1, 0.15) is 6.04 Å². The maximum Gasteiger partial charge on any atom is 0.254 e. The zero-order valence-corrected chi connectivity index (χ0v) is 16.7. The molecule has 0 saturated carbocycles. The number of hydrogen-bond acceptors (Lipinski definition) is 4. The third-order valence-electron chi connectivity index (χ3n) is 5.41. The number of piperazine rings is 1. The molecule has 1 aliphatic heterocycles. The minimum absolute atomic E-state index is 0.0131. The highest BCUT2D eigenvalue weighted by molar-refractivity contribution is 5.97. The Balaban J connectivity index is 1.43. The van der Waals surface area contributed by atoms with E-state index in [1.54, 1.807) is 12.4 Å². The van der Waals surface area contributed by atoms with Gasteiger partial charge in [0.15, 0.2) is 0 Å². The van der Waals surface area contributed by atoms with Crippen LogP contribution in [-0.2, 0) is 4.79 Å². The van der Waals surface area contributed by atoms with Crippen LogP contribution in [0.1, 0.15) is 22.0 Å². The van der Waals surface area contributed by atoms with E-state index in [4.69, 9.17) is 0 Å². The smallest absolute Gasteiger partial charge is 0.254 e. The molecule has 0 spiro atoms. The molecular weight excluding hydrogens is 366 g/mol. The monoisotopic (exact) mass is 391 g/mol. The maximum absolute atomic E-state index is 13.2. The van der Waals surface area contributed by atoms with E-state index < -0.39 is 0 Å². The standard InChI is InChI=1S/C22H25N5O2/c1-25(2)20(16-6-4-3-5-7-16)22(29)27-12-10-26(11-13-27)21(28)17-8-9-18-19(14-17)24-15-23-18/h3-9,14-15,20H,10-13H2,1-2H3,(H,23,24). The fourth-order valence-electron chi connectivity index (χ4n) is 3.85. The second-order valence-corrected chi connectivity index (χ2v) is 7.53. The van der Waals surface area contributed by atoms with E-state index in [0.29, 0.717) is 31.7 Å². The van der Waals surface area contributed by atoms with Crippen LogP contribution >= 0.6 is 0 Å². The van der Waals surface area contributed by atoms with Gasteiger partial charge < -0.3 is 14.8 Å². The fourth-order valence-corrected chi connectivity index (χ4v) is 3.85. The second kappa shape index (κ2) is 8.05. The van der Waals surface area contributed by atoms with Crippen LogP contribution in [0.2, 0.25) is 0 Å². The Labute approximate surface area is 169 Å². The lowest BCUT2D eigenvalue weighted by Crippen LogP contribution is -2.52. The van der Waals surface area contributed by atoms with Crippen LogP contribution in [0.3, 0.4) is 0 Å². The minimum atomic E-state index is -0.318. The average Bonchev–Trinajstić information content (AvgIpc) is 3.22. The van der Waals surface area contributed by atoms with Crippen molar-refractivity contribution in [3.05, 3.63) is 66.0 Å². The molecule has 3 aromatic rings. The van der Waals surface area contributed by atoms with E-state index in [9.17, 15) is 9.59 Å². The Morgan fingerprint density at radius 1 is 1.00 bits per heavy atom. The molecule has 7 heteroatoms. The van der Waals surface area contributed by atoms with Crippen molar-refractivity contribution in [1.29, 1.82) is 0 Å². The molecule has 2 aromatic carbocycles. The van der Waals surface area contributed by atoms with Crippen molar-refractivity contribution >= 4 is 22.8 Å². The first-order chi connectivity index (χ1) is 14.0. The maximum atomic E-state index is 13.2. The summed E-state index contributed by atoms with van der Waals surface area (Å²) >= 11 is 0. The number of benzene rings is 2. The molecule has 1 aromatic heterocycles. The number of aromatic amines is 1. The summed E-state index contributed by atoms with van der Waals surface area (Å²) in [6.45, 7) is 2.13. The van der Waals surface area contributed by atoms with Gasteiger partial charge in [0.05, 0.1) is 17.4 Å². The van der Waals surface area contributed by atoms with Crippen LogP contribution in [0.25, 0.3) is 11.0 Å². The van der Waals surface area contributed by atoms with E-state index in [-0.39, 0.29) is 17.9 Å². The molecule has 150 valence electrons. The number of aromatic nitrogens is 2. The molecule has 29 heavy (non-hydrogen) atoms. The van der Waals surface area contributed by atoms with Crippen molar-refractivity contribution in [2.24, 2.45) is 0 Å². The van der Waals surface area contributed by atoms with Gasteiger partial charge in [-0.15, -0.1) is 0 Å². The molecule has 7 nitrogen and oxygen atoms in total. The summed E-state index contributed by atoms with van der Waals surface area (Å²) in [7, 11) is 3.84. The van der Waals surface area contributed by atoms with Gasteiger partial charge in [-0.05, 0) is 37.9 Å². The summed E-state index contributed by atoms with van der Waals surface area (Å²) < 4.78 is 0. The summed E-state index contributed by atoms with van der Waals surface area (Å²) in [5, 5.41) is 0. The highest BCUT2D eigenvalue weighted by Gasteiger charge is 2.31. The van der Waals surface area contributed by atoms with Crippen LogP contribution in [0, 0.1) is 0 Å². The van der Waals surface area contributed by atoms with Crippen molar-refractivity contribution in [1.82, 2.24) is 24.7 Å². The SMILES string of the molecule is CN(C)C(C(=O)N1CCN(C(=O)c2ccc3nc[nH]c3c2)CC1)c1ccccc1. The third-order valence-corrected chi connectivity index (χ3v) is 5.41. The highest BCUT2D eigenvalue weighted by atomic mass is 16.2. The van der Waals surface area contributed by atoms with Gasteiger partial charge in [0.25, 0.3) is 5.91 Å². The quantitative estimate of drug-likeness (QED) is 0.740. The number of rotatable bonds is 4. The molecule has 0 radical (unpaired) electrons. The number of likely N-dealkylation sites (N-methyl/N-ethyl adjacent to an activating group) is 1. The van der Waals surface area contributed by atoms with Gasteiger partial charge in [0, 0.05) is 31.7 Å². The first-order valence-corrected chi connectivity index (χ1v) is 9.77. The van der Waals surface area contributed by atoms with Crippen molar-refractivity contribution in [3.63, 3.8) is 0 Å². The molecule has 0 bridgehead atoms. The highest BCUT2D eigenvalue weighted by Crippen LogP contribution is 2.22. The molecule has 2 heterocycles. The molecule has 1 atom stereocenters. The van der Waals surface area contributed by atoms with Gasteiger partial charge in [-0.2, -0.15) is 0 Å². The zero-order valence-electron chi connectivity index (χ0n) is 16.7. The topological polar surface area (TPSA) is 72.5 Å². The number of nitrogens with zero attached hydrogens (tertiary/aromatic N) is 4. The average molecular weight is 391 g/mol. The van der Waals surface area contributed by atoms with Crippen molar-refractivity contribution in [2.75, 3.05) is 40.3 Å². The van der Waals surface area contributed by atoms with Gasteiger partial charge >= 0.3 is 0 Å². The normalized spacial score (nSPS) is 15.7.